The van der Waals surface area contributed by atoms with Crippen molar-refractivity contribution >= 4 is 45.9 Å². The molecule has 0 saturated heterocycles. The molecule has 5 rings (SSSR count). The number of hydrogen-bond acceptors (Lipinski definition) is 10. The monoisotopic (exact) mass is 621 g/mol. The number of aromatic nitrogens is 3. The van der Waals surface area contributed by atoms with Crippen molar-refractivity contribution in [3.05, 3.63) is 75.9 Å². The Hall–Kier alpha value is -4.36. The summed E-state index contributed by atoms with van der Waals surface area (Å²) in [5.41, 5.74) is 2.53. The highest BCUT2D eigenvalue weighted by Crippen LogP contribution is 2.39. The van der Waals surface area contributed by atoms with E-state index in [-0.39, 0.29) is 30.7 Å². The summed E-state index contributed by atoms with van der Waals surface area (Å²) in [6.07, 6.45) is 2.67. The summed E-state index contributed by atoms with van der Waals surface area (Å²) in [6.45, 7) is 2.08. The van der Waals surface area contributed by atoms with E-state index in [1.165, 1.54) is 30.2 Å². The van der Waals surface area contributed by atoms with E-state index in [2.05, 4.69) is 20.8 Å². The second kappa shape index (κ2) is 13.7. The van der Waals surface area contributed by atoms with E-state index < -0.39 is 5.97 Å². The van der Waals surface area contributed by atoms with E-state index >= 15 is 0 Å². The number of rotatable bonds is 12. The van der Waals surface area contributed by atoms with Gasteiger partial charge in [-0.05, 0) is 62.1 Å². The fraction of sp³-hybridized carbons (Fsp3) is 0.300. The molecule has 2 amide bonds. The number of thioether (sulfide) groups is 1. The Morgan fingerprint density at radius 3 is 2.67 bits per heavy atom. The number of thiophene rings is 1. The number of nitrogens with zero attached hydrogens (tertiary/aromatic N) is 3. The normalized spacial score (nSPS) is 12.0. The Kier molecular flexibility index (Phi) is 9.62. The molecule has 0 spiro atoms. The topological polar surface area (TPSA) is 134 Å². The van der Waals surface area contributed by atoms with Crippen LogP contribution in [0.25, 0.3) is 5.69 Å². The number of carbonyl (C=O) groups is 3. The second-order valence-corrected chi connectivity index (χ2v) is 11.5. The summed E-state index contributed by atoms with van der Waals surface area (Å²) in [7, 11) is 3.10. The summed E-state index contributed by atoms with van der Waals surface area (Å²) < 4.78 is 17.8. The average Bonchev–Trinajstić information content (AvgIpc) is 3.73. The molecule has 4 aromatic rings. The molecule has 0 radical (unpaired) electrons. The second-order valence-electron chi connectivity index (χ2n) is 9.44. The van der Waals surface area contributed by atoms with Crippen molar-refractivity contribution in [3.63, 3.8) is 0 Å². The van der Waals surface area contributed by atoms with Gasteiger partial charge in [0.2, 0.25) is 5.91 Å². The molecule has 11 nitrogen and oxygen atoms in total. The van der Waals surface area contributed by atoms with Gasteiger partial charge in [-0.2, -0.15) is 0 Å². The van der Waals surface area contributed by atoms with Gasteiger partial charge in [-0.3, -0.25) is 14.2 Å². The van der Waals surface area contributed by atoms with Crippen molar-refractivity contribution < 1.29 is 28.6 Å². The van der Waals surface area contributed by atoms with E-state index in [0.717, 1.165) is 29.7 Å². The molecule has 0 atom stereocenters. The molecule has 43 heavy (non-hydrogen) atoms. The quantitative estimate of drug-likeness (QED) is 0.171. The molecular formula is C30H31N5O6S2. The van der Waals surface area contributed by atoms with Crippen LogP contribution in [0.1, 0.15) is 50.3 Å². The highest BCUT2D eigenvalue weighted by Gasteiger charge is 2.28. The number of anilines is 1. The largest absolute Gasteiger partial charge is 0.497 e. The highest BCUT2D eigenvalue weighted by molar-refractivity contribution is 7.99. The highest BCUT2D eigenvalue weighted by atomic mass is 32.2. The van der Waals surface area contributed by atoms with Gasteiger partial charge in [0.25, 0.3) is 5.91 Å². The van der Waals surface area contributed by atoms with Crippen LogP contribution in [0, 0.1) is 0 Å². The van der Waals surface area contributed by atoms with Gasteiger partial charge in [0.05, 0.1) is 44.4 Å². The number of amides is 2. The van der Waals surface area contributed by atoms with E-state index in [0.29, 0.717) is 44.3 Å². The molecule has 2 aromatic carbocycles. The molecule has 1 aliphatic carbocycles. The molecule has 0 unspecified atom stereocenters. The van der Waals surface area contributed by atoms with Gasteiger partial charge in [0, 0.05) is 10.4 Å². The first kappa shape index (κ1) is 30.1. The summed E-state index contributed by atoms with van der Waals surface area (Å²) in [5.74, 6) is 0.586. The predicted octanol–water partition coefficient (Wildman–Crippen LogP) is 4.67. The Bertz CT molecular complexity index is 1650. The van der Waals surface area contributed by atoms with Crippen LogP contribution in [0.5, 0.6) is 11.5 Å². The maximum Gasteiger partial charge on any atom is 0.341 e. The lowest BCUT2D eigenvalue weighted by molar-refractivity contribution is -0.113. The van der Waals surface area contributed by atoms with E-state index in [9.17, 15) is 14.4 Å². The summed E-state index contributed by atoms with van der Waals surface area (Å²) in [4.78, 5) is 39.8. The van der Waals surface area contributed by atoms with Crippen LogP contribution in [0.3, 0.4) is 0 Å². The van der Waals surface area contributed by atoms with E-state index in [4.69, 9.17) is 14.2 Å². The Morgan fingerprint density at radius 2 is 1.88 bits per heavy atom. The summed E-state index contributed by atoms with van der Waals surface area (Å²) in [5, 5.41) is 15.4. The molecular weight excluding hydrogens is 590 g/mol. The third-order valence-electron chi connectivity index (χ3n) is 6.75. The number of para-hydroxylation sites is 2. The summed E-state index contributed by atoms with van der Waals surface area (Å²) in [6, 6.07) is 14.2. The van der Waals surface area contributed by atoms with Crippen molar-refractivity contribution in [3.8, 4) is 17.2 Å². The van der Waals surface area contributed by atoms with E-state index in [1.54, 1.807) is 42.9 Å². The number of esters is 1. The molecule has 13 heteroatoms. The number of aryl methyl sites for hydroxylation is 1. The minimum atomic E-state index is -0.415. The molecule has 2 heterocycles. The van der Waals surface area contributed by atoms with Gasteiger partial charge < -0.3 is 24.8 Å². The number of nitrogens with one attached hydrogen (secondary N) is 2. The van der Waals surface area contributed by atoms with Gasteiger partial charge in [-0.15, -0.1) is 21.5 Å². The van der Waals surface area contributed by atoms with Crippen LogP contribution >= 0.6 is 23.1 Å². The molecule has 1 aliphatic rings. The summed E-state index contributed by atoms with van der Waals surface area (Å²) >= 11 is 2.61. The Morgan fingerprint density at radius 1 is 1.05 bits per heavy atom. The lowest BCUT2D eigenvalue weighted by Crippen LogP contribution is -2.24. The first-order chi connectivity index (χ1) is 20.9. The van der Waals surface area contributed by atoms with Gasteiger partial charge in [0.15, 0.2) is 11.0 Å². The van der Waals surface area contributed by atoms with Crippen LogP contribution in [-0.2, 0) is 28.9 Å². The number of hydrogen-bond donors (Lipinski definition) is 2. The van der Waals surface area contributed by atoms with Crippen LogP contribution in [0.2, 0.25) is 0 Å². The zero-order chi connectivity index (χ0) is 30.3. The van der Waals surface area contributed by atoms with Crippen LogP contribution in [0.4, 0.5) is 5.00 Å². The van der Waals surface area contributed by atoms with Crippen LogP contribution in [-0.4, -0.2) is 59.1 Å². The third-order valence-corrected chi connectivity index (χ3v) is 8.89. The molecule has 2 aromatic heterocycles. The molecule has 0 saturated carbocycles. The van der Waals surface area contributed by atoms with Crippen molar-refractivity contribution in [2.75, 3.05) is 31.9 Å². The van der Waals surface area contributed by atoms with Gasteiger partial charge >= 0.3 is 5.97 Å². The zero-order valence-corrected chi connectivity index (χ0v) is 25.6. The van der Waals surface area contributed by atoms with Gasteiger partial charge in [0.1, 0.15) is 16.5 Å². The number of fused-ring (bicyclic) bond motifs is 1. The number of benzene rings is 2. The molecule has 2 N–H and O–H groups in total. The first-order valence-corrected chi connectivity index (χ1v) is 15.5. The van der Waals surface area contributed by atoms with Crippen LogP contribution in [0.15, 0.2) is 53.7 Å². The maximum absolute atomic E-state index is 13.1. The Balaban J connectivity index is 1.35. The standard InChI is InChI=1S/C30H31N5O6S2/c1-4-41-29(38)26-20-11-8-14-23(20)43-28(26)32-25(36)17-42-30-34-33-24(35(30)21-12-5-6-13-22(21)40-3)16-31-27(37)18-9-7-10-19(15-18)39-2/h5-7,9-10,12-13,15H,4,8,11,14,16-17H2,1-3H3,(H,31,37)(H,32,36). The van der Waals surface area contributed by atoms with E-state index in [1.807, 2.05) is 24.3 Å². The minimum Gasteiger partial charge on any atom is -0.497 e. The predicted molar refractivity (Wildman–Crippen MR) is 164 cm³/mol. The maximum atomic E-state index is 13.1. The van der Waals surface area contributed by atoms with Crippen LogP contribution < -0.4 is 20.1 Å². The lowest BCUT2D eigenvalue weighted by Gasteiger charge is -2.14. The lowest BCUT2D eigenvalue weighted by atomic mass is 10.1. The number of carbonyl (C=O) groups excluding carboxylic acids is 3. The molecule has 0 bridgehead atoms. The van der Waals surface area contributed by atoms with Gasteiger partial charge in [-0.25, -0.2) is 4.79 Å². The molecule has 0 aliphatic heterocycles. The third kappa shape index (κ3) is 6.67. The fourth-order valence-electron chi connectivity index (χ4n) is 4.79. The molecule has 224 valence electrons. The first-order valence-electron chi connectivity index (χ1n) is 13.7. The average molecular weight is 622 g/mol. The van der Waals surface area contributed by atoms with Crippen molar-refractivity contribution in [2.24, 2.45) is 0 Å². The van der Waals surface area contributed by atoms with Crippen molar-refractivity contribution in [1.82, 2.24) is 20.1 Å². The zero-order valence-electron chi connectivity index (χ0n) is 24.0. The van der Waals surface area contributed by atoms with Crippen molar-refractivity contribution in [1.29, 1.82) is 0 Å². The fourth-order valence-corrected chi connectivity index (χ4v) is 6.85. The smallest absolute Gasteiger partial charge is 0.341 e. The minimum absolute atomic E-state index is 0.00822. The number of ether oxygens (including phenoxy) is 3. The van der Waals surface area contributed by atoms with Gasteiger partial charge in [-0.1, -0.05) is 30.0 Å². The Labute approximate surface area is 256 Å². The van der Waals surface area contributed by atoms with Crippen molar-refractivity contribution in [2.45, 2.75) is 37.9 Å². The molecule has 0 fully saturated rings. The number of methoxy groups -OCH3 is 2. The SMILES string of the molecule is CCOC(=O)c1c(NC(=O)CSc2nnc(CNC(=O)c3cccc(OC)c3)n2-c2ccccc2OC)sc2c1CCC2.